The van der Waals surface area contributed by atoms with Crippen LogP contribution >= 0.6 is 11.6 Å². The predicted molar refractivity (Wildman–Crippen MR) is 139 cm³/mol. The molecule has 0 radical (unpaired) electrons. The van der Waals surface area contributed by atoms with E-state index in [1.54, 1.807) is 0 Å². The average molecular weight is 477 g/mol. The monoisotopic (exact) mass is 476 g/mol. The smallest absolute Gasteiger partial charge is 0.237 e. The number of aryl methyl sites for hydroxylation is 1. The molecule has 0 saturated carbocycles. The summed E-state index contributed by atoms with van der Waals surface area (Å²) in [7, 11) is 0. The molecule has 3 aromatic rings. The Labute approximate surface area is 207 Å². The zero-order valence-electron chi connectivity index (χ0n) is 19.9. The molecule has 2 atom stereocenters. The molecule has 1 heterocycles. The van der Waals surface area contributed by atoms with E-state index in [4.69, 9.17) is 11.6 Å². The van der Waals surface area contributed by atoms with Gasteiger partial charge in [0.05, 0.1) is 11.0 Å². The van der Waals surface area contributed by atoms with Gasteiger partial charge in [-0.15, -0.1) is 11.6 Å². The van der Waals surface area contributed by atoms with Crippen LogP contribution in [0, 0.1) is 6.92 Å². The van der Waals surface area contributed by atoms with Crippen molar-refractivity contribution < 1.29 is 9.90 Å². The summed E-state index contributed by atoms with van der Waals surface area (Å²) in [6, 6.07) is 27.4. The Morgan fingerprint density at radius 3 is 2.26 bits per heavy atom. The van der Waals surface area contributed by atoms with Gasteiger partial charge in [0, 0.05) is 25.3 Å². The van der Waals surface area contributed by atoms with Crippen molar-refractivity contribution in [2.24, 2.45) is 0 Å². The van der Waals surface area contributed by atoms with Crippen LogP contribution in [-0.2, 0) is 10.2 Å². The van der Waals surface area contributed by atoms with Crippen molar-refractivity contribution in [1.82, 2.24) is 4.90 Å². The highest BCUT2D eigenvalue weighted by Gasteiger charge is 2.54. The highest BCUT2D eigenvalue weighted by molar-refractivity contribution is 6.21. The van der Waals surface area contributed by atoms with Crippen molar-refractivity contribution in [3.63, 3.8) is 0 Å². The fourth-order valence-electron chi connectivity index (χ4n) is 4.94. The summed E-state index contributed by atoms with van der Waals surface area (Å²) in [5, 5.41) is 15.0. The first kappa shape index (κ1) is 24.5. The SMILES string of the molecule is Cc1cccc(C(C)(C(=O)Nc2ccccc2)C2(O)CCN(CC(Cl)c3ccccc3)CC2)c1. The Morgan fingerprint density at radius 1 is 1.03 bits per heavy atom. The Morgan fingerprint density at radius 2 is 1.65 bits per heavy atom. The molecule has 0 bridgehead atoms. The van der Waals surface area contributed by atoms with Gasteiger partial charge in [-0.2, -0.15) is 0 Å². The maximum absolute atomic E-state index is 13.8. The molecule has 3 aromatic carbocycles. The first-order valence-corrected chi connectivity index (χ1v) is 12.3. The number of carbonyl (C=O) groups is 1. The van der Waals surface area contributed by atoms with Gasteiger partial charge in [-0.05, 0) is 49.9 Å². The Bertz CT molecular complexity index is 1100. The lowest BCUT2D eigenvalue weighted by molar-refractivity contribution is -0.138. The van der Waals surface area contributed by atoms with Crippen molar-refractivity contribution in [3.05, 3.63) is 102 Å². The number of para-hydroxylation sites is 1. The number of piperidine rings is 1. The summed E-state index contributed by atoms with van der Waals surface area (Å²) in [6.07, 6.45) is 0.968. The van der Waals surface area contributed by atoms with E-state index >= 15 is 0 Å². The Balaban J connectivity index is 1.56. The third kappa shape index (κ3) is 5.05. The molecule has 1 aliphatic rings. The molecule has 1 aliphatic heterocycles. The molecule has 2 unspecified atom stereocenters. The summed E-state index contributed by atoms with van der Waals surface area (Å²) in [5.74, 6) is -0.195. The second kappa shape index (κ2) is 10.3. The van der Waals surface area contributed by atoms with Crippen LogP contribution in [0.4, 0.5) is 5.69 Å². The Kier molecular flexibility index (Phi) is 7.42. The molecule has 178 valence electrons. The fourth-order valence-corrected chi connectivity index (χ4v) is 5.28. The molecule has 2 N–H and O–H groups in total. The largest absolute Gasteiger partial charge is 0.388 e. The second-order valence-electron chi connectivity index (χ2n) is 9.53. The number of amides is 1. The van der Waals surface area contributed by atoms with Gasteiger partial charge in [-0.1, -0.05) is 78.4 Å². The van der Waals surface area contributed by atoms with Gasteiger partial charge in [0.2, 0.25) is 5.91 Å². The van der Waals surface area contributed by atoms with Gasteiger partial charge in [0.15, 0.2) is 0 Å². The summed E-state index contributed by atoms with van der Waals surface area (Å²) >= 11 is 6.69. The minimum Gasteiger partial charge on any atom is -0.388 e. The quantitative estimate of drug-likeness (QED) is 0.430. The van der Waals surface area contributed by atoms with E-state index < -0.39 is 11.0 Å². The van der Waals surface area contributed by atoms with Gasteiger partial charge in [-0.25, -0.2) is 0 Å². The van der Waals surface area contributed by atoms with Crippen LogP contribution in [0.25, 0.3) is 0 Å². The maximum atomic E-state index is 13.8. The highest BCUT2D eigenvalue weighted by atomic mass is 35.5. The normalized spacial score (nSPS) is 18.6. The summed E-state index contributed by atoms with van der Waals surface area (Å²) < 4.78 is 0. The van der Waals surface area contributed by atoms with Crippen molar-refractivity contribution in [2.45, 2.75) is 43.1 Å². The maximum Gasteiger partial charge on any atom is 0.237 e. The van der Waals surface area contributed by atoms with E-state index in [9.17, 15) is 9.90 Å². The molecular weight excluding hydrogens is 444 g/mol. The van der Waals surface area contributed by atoms with E-state index in [-0.39, 0.29) is 11.3 Å². The summed E-state index contributed by atoms with van der Waals surface area (Å²) in [4.78, 5) is 16.1. The number of rotatable bonds is 7. The zero-order chi connectivity index (χ0) is 24.2. The number of nitrogens with one attached hydrogen (secondary N) is 1. The molecule has 1 saturated heterocycles. The van der Waals surface area contributed by atoms with Crippen LogP contribution in [0.1, 0.15) is 41.8 Å². The van der Waals surface area contributed by atoms with Gasteiger partial charge >= 0.3 is 0 Å². The van der Waals surface area contributed by atoms with Crippen LogP contribution in [0.3, 0.4) is 0 Å². The molecule has 0 spiro atoms. The molecule has 4 rings (SSSR count). The Hall–Kier alpha value is -2.66. The van der Waals surface area contributed by atoms with Crippen molar-refractivity contribution >= 4 is 23.2 Å². The number of benzene rings is 3. The van der Waals surface area contributed by atoms with Crippen molar-refractivity contribution in [1.29, 1.82) is 0 Å². The van der Waals surface area contributed by atoms with E-state index in [1.807, 2.05) is 98.8 Å². The van der Waals surface area contributed by atoms with E-state index in [1.165, 1.54) is 0 Å². The van der Waals surface area contributed by atoms with Gasteiger partial charge in [-0.3, -0.25) is 4.79 Å². The van der Waals surface area contributed by atoms with Crippen molar-refractivity contribution in [2.75, 3.05) is 25.0 Å². The fraction of sp³-hybridized carbons (Fsp3) is 0.345. The zero-order valence-corrected chi connectivity index (χ0v) is 20.6. The van der Waals surface area contributed by atoms with Gasteiger partial charge in [0.1, 0.15) is 5.41 Å². The number of nitrogens with zero attached hydrogens (tertiary/aromatic N) is 1. The number of halogens is 1. The lowest BCUT2D eigenvalue weighted by Crippen LogP contribution is -2.61. The number of hydrogen-bond donors (Lipinski definition) is 2. The third-order valence-electron chi connectivity index (χ3n) is 7.27. The van der Waals surface area contributed by atoms with Crippen molar-refractivity contribution in [3.8, 4) is 0 Å². The van der Waals surface area contributed by atoms with Crippen LogP contribution in [0.15, 0.2) is 84.9 Å². The predicted octanol–water partition coefficient (Wildman–Crippen LogP) is 5.70. The van der Waals surface area contributed by atoms with Crippen LogP contribution in [0.2, 0.25) is 0 Å². The number of carbonyl (C=O) groups excluding carboxylic acids is 1. The molecular formula is C29H33ClN2O2. The average Bonchev–Trinajstić information content (AvgIpc) is 2.86. The molecule has 0 aliphatic carbocycles. The van der Waals surface area contributed by atoms with Crippen LogP contribution in [-0.4, -0.2) is 41.1 Å². The standard InChI is InChI=1S/C29H33ClN2O2/c1-22-10-9-13-24(20-22)28(2,27(33)31-25-14-7-4-8-15-25)29(34)16-18-32(19-17-29)21-26(30)23-11-5-3-6-12-23/h3-15,20,26,34H,16-19,21H2,1-2H3,(H,31,33). The first-order chi connectivity index (χ1) is 16.3. The number of alkyl halides is 1. The van der Waals surface area contributed by atoms with E-state index in [0.29, 0.717) is 32.5 Å². The van der Waals surface area contributed by atoms with Crippen LogP contribution < -0.4 is 5.32 Å². The highest BCUT2D eigenvalue weighted by Crippen LogP contribution is 2.43. The first-order valence-electron chi connectivity index (χ1n) is 11.9. The number of likely N-dealkylation sites (tertiary alicyclic amines) is 1. The number of aliphatic hydroxyl groups is 1. The third-order valence-corrected chi connectivity index (χ3v) is 7.66. The van der Waals surface area contributed by atoms with Gasteiger partial charge < -0.3 is 15.3 Å². The summed E-state index contributed by atoms with van der Waals surface area (Å²) in [6.45, 7) is 5.94. The van der Waals surface area contributed by atoms with Crippen LogP contribution in [0.5, 0.6) is 0 Å². The second-order valence-corrected chi connectivity index (χ2v) is 10.1. The lowest BCUT2D eigenvalue weighted by atomic mass is 9.63. The lowest BCUT2D eigenvalue weighted by Gasteiger charge is -2.49. The minimum absolute atomic E-state index is 0.114. The molecule has 34 heavy (non-hydrogen) atoms. The molecule has 0 aromatic heterocycles. The van der Waals surface area contributed by atoms with E-state index in [2.05, 4.69) is 10.2 Å². The molecule has 1 amide bonds. The van der Waals surface area contributed by atoms with Gasteiger partial charge in [0.25, 0.3) is 0 Å². The minimum atomic E-state index is -1.19. The topological polar surface area (TPSA) is 52.6 Å². The molecule has 5 heteroatoms. The van der Waals surface area contributed by atoms with E-state index in [0.717, 1.165) is 22.4 Å². The molecule has 1 fully saturated rings. The summed E-state index contributed by atoms with van der Waals surface area (Å²) in [5.41, 5.74) is 1.41. The number of anilines is 1. The molecule has 4 nitrogen and oxygen atoms in total. The number of hydrogen-bond acceptors (Lipinski definition) is 3.